The van der Waals surface area contributed by atoms with Crippen LogP contribution in [0, 0.1) is 3.57 Å². The van der Waals surface area contributed by atoms with Gasteiger partial charge >= 0.3 is 6.36 Å². The molecule has 0 radical (unpaired) electrons. The molecule has 0 saturated heterocycles. The van der Waals surface area contributed by atoms with Crippen LogP contribution in [-0.4, -0.2) is 23.6 Å². The molecule has 1 heterocycles. The van der Waals surface area contributed by atoms with Crippen LogP contribution in [0.2, 0.25) is 0 Å². The van der Waals surface area contributed by atoms with E-state index in [1.165, 1.54) is 7.11 Å². The van der Waals surface area contributed by atoms with Crippen LogP contribution in [0.3, 0.4) is 0 Å². The highest BCUT2D eigenvalue weighted by Gasteiger charge is 2.34. The van der Waals surface area contributed by atoms with Crippen LogP contribution in [0.4, 0.5) is 13.2 Å². The molecular weight excluding hydrogens is 330 g/mol. The van der Waals surface area contributed by atoms with Crippen LogP contribution in [0.5, 0.6) is 17.4 Å². The summed E-state index contributed by atoms with van der Waals surface area (Å²) < 4.78 is 44.0. The molecule has 0 amide bonds. The van der Waals surface area contributed by atoms with Gasteiger partial charge in [0.2, 0.25) is 5.75 Å². The summed E-state index contributed by atoms with van der Waals surface area (Å²) in [6.07, 6.45) is -3.77. The molecule has 4 nitrogen and oxygen atoms in total. The zero-order valence-corrected chi connectivity index (χ0v) is 9.46. The topological polar surface area (TPSA) is 51.6 Å². The molecule has 0 aliphatic rings. The maximum Gasteiger partial charge on any atom is 0.573 e. The molecular formula is C7H5F3INO3. The van der Waals surface area contributed by atoms with E-state index < -0.39 is 17.9 Å². The summed E-state index contributed by atoms with van der Waals surface area (Å²) in [6.45, 7) is 0. The Morgan fingerprint density at radius 2 is 2.07 bits per heavy atom. The first-order valence-electron chi connectivity index (χ1n) is 3.52. The van der Waals surface area contributed by atoms with E-state index in [0.717, 1.165) is 6.20 Å². The third-order valence-electron chi connectivity index (χ3n) is 1.34. The fraction of sp³-hybridized carbons (Fsp3) is 0.286. The molecule has 0 saturated carbocycles. The van der Waals surface area contributed by atoms with E-state index in [-0.39, 0.29) is 9.45 Å². The average Bonchev–Trinajstić information content (AvgIpc) is 2.11. The second-order valence-corrected chi connectivity index (χ2v) is 3.50. The highest BCUT2D eigenvalue weighted by atomic mass is 127. The quantitative estimate of drug-likeness (QED) is 0.843. The third-order valence-corrected chi connectivity index (χ3v) is 2.11. The van der Waals surface area contributed by atoms with Gasteiger partial charge < -0.3 is 14.6 Å². The molecule has 0 aliphatic carbocycles. The summed E-state index contributed by atoms with van der Waals surface area (Å²) in [7, 11) is 1.17. The number of halogens is 4. The number of aromatic nitrogens is 1. The molecule has 8 heteroatoms. The molecule has 0 atom stereocenters. The van der Waals surface area contributed by atoms with Crippen LogP contribution >= 0.6 is 22.6 Å². The molecule has 1 rings (SSSR count). The van der Waals surface area contributed by atoms with Crippen molar-refractivity contribution in [3.8, 4) is 17.4 Å². The minimum atomic E-state index is -4.87. The summed E-state index contributed by atoms with van der Waals surface area (Å²) in [5.74, 6) is -1.81. The number of ether oxygens (including phenoxy) is 2. The van der Waals surface area contributed by atoms with Crippen molar-refractivity contribution in [2.24, 2.45) is 0 Å². The summed E-state index contributed by atoms with van der Waals surface area (Å²) in [6, 6.07) is 0. The van der Waals surface area contributed by atoms with Gasteiger partial charge in [0.25, 0.3) is 5.88 Å². The monoisotopic (exact) mass is 335 g/mol. The van der Waals surface area contributed by atoms with Gasteiger partial charge in [0, 0.05) is 6.20 Å². The largest absolute Gasteiger partial charge is 0.573 e. The fourth-order valence-electron chi connectivity index (χ4n) is 0.807. The van der Waals surface area contributed by atoms with E-state index in [9.17, 15) is 18.3 Å². The van der Waals surface area contributed by atoms with Gasteiger partial charge in [-0.1, -0.05) is 0 Å². The van der Waals surface area contributed by atoms with E-state index in [0.29, 0.717) is 0 Å². The van der Waals surface area contributed by atoms with E-state index in [4.69, 9.17) is 0 Å². The molecule has 1 aromatic heterocycles. The number of aromatic hydroxyl groups is 1. The van der Waals surface area contributed by atoms with Crippen molar-refractivity contribution in [2.45, 2.75) is 6.36 Å². The lowest BCUT2D eigenvalue weighted by Gasteiger charge is -2.12. The number of rotatable bonds is 2. The van der Waals surface area contributed by atoms with Gasteiger partial charge in [-0.05, 0) is 22.6 Å². The Morgan fingerprint density at radius 3 is 2.53 bits per heavy atom. The molecule has 15 heavy (non-hydrogen) atoms. The van der Waals surface area contributed by atoms with Gasteiger partial charge in [0.05, 0.1) is 10.7 Å². The predicted octanol–water partition coefficient (Wildman–Crippen LogP) is 2.30. The highest BCUT2D eigenvalue weighted by Crippen LogP contribution is 2.40. The molecule has 0 fully saturated rings. The number of alkyl halides is 3. The van der Waals surface area contributed by atoms with Gasteiger partial charge in [0.15, 0.2) is 5.75 Å². The first-order valence-corrected chi connectivity index (χ1v) is 4.60. The maximum atomic E-state index is 11.9. The number of hydrogen-bond donors (Lipinski definition) is 1. The van der Waals surface area contributed by atoms with Crippen molar-refractivity contribution in [1.29, 1.82) is 0 Å². The third kappa shape index (κ3) is 3.01. The van der Waals surface area contributed by atoms with Gasteiger partial charge in [-0.25, -0.2) is 4.98 Å². The molecule has 84 valence electrons. The lowest BCUT2D eigenvalue weighted by atomic mass is 10.4. The van der Waals surface area contributed by atoms with Crippen molar-refractivity contribution in [1.82, 2.24) is 4.98 Å². The number of methoxy groups -OCH3 is 1. The van der Waals surface area contributed by atoms with Crippen LogP contribution in [-0.2, 0) is 0 Å². The molecule has 0 aliphatic heterocycles. The Balaban J connectivity index is 3.15. The Hall–Kier alpha value is -0.930. The van der Waals surface area contributed by atoms with Crippen molar-refractivity contribution in [3.05, 3.63) is 9.77 Å². The Labute approximate surface area is 96.2 Å². The molecule has 0 unspecified atom stereocenters. The van der Waals surface area contributed by atoms with Crippen LogP contribution in [0.15, 0.2) is 6.20 Å². The first-order chi connectivity index (χ1) is 6.85. The van der Waals surface area contributed by atoms with Crippen molar-refractivity contribution >= 4 is 22.6 Å². The zero-order valence-electron chi connectivity index (χ0n) is 7.30. The van der Waals surface area contributed by atoms with Gasteiger partial charge in [-0.2, -0.15) is 0 Å². The summed E-state index contributed by atoms with van der Waals surface area (Å²) in [5, 5.41) is 9.32. The second kappa shape index (κ2) is 4.29. The summed E-state index contributed by atoms with van der Waals surface area (Å²) in [4.78, 5) is 3.56. The number of pyridine rings is 1. The van der Waals surface area contributed by atoms with Crippen molar-refractivity contribution in [2.75, 3.05) is 7.11 Å². The lowest BCUT2D eigenvalue weighted by molar-refractivity contribution is -0.275. The standard InChI is InChI=1S/C7H5F3INO3/c1-14-6-4(13)5(3(11)2-12-6)15-7(8,9)10/h2,13H,1H3. The van der Waals surface area contributed by atoms with Gasteiger partial charge in [0.1, 0.15) is 0 Å². The minimum absolute atomic E-state index is 0.0308. The predicted molar refractivity (Wildman–Crippen MR) is 51.9 cm³/mol. The van der Waals surface area contributed by atoms with Gasteiger partial charge in [-0.15, -0.1) is 13.2 Å². The highest BCUT2D eigenvalue weighted by molar-refractivity contribution is 14.1. The van der Waals surface area contributed by atoms with Crippen LogP contribution in [0.25, 0.3) is 0 Å². The van der Waals surface area contributed by atoms with E-state index >= 15 is 0 Å². The zero-order chi connectivity index (χ0) is 11.6. The number of nitrogens with zero attached hydrogens (tertiary/aromatic N) is 1. The molecule has 1 aromatic rings. The smallest absolute Gasteiger partial charge is 0.500 e. The lowest BCUT2D eigenvalue weighted by Crippen LogP contribution is -2.18. The average molecular weight is 335 g/mol. The number of hydrogen-bond acceptors (Lipinski definition) is 4. The molecule has 0 aromatic carbocycles. The summed E-state index contributed by atoms with van der Waals surface area (Å²) in [5.41, 5.74) is 0. The Bertz CT molecular complexity index is 369. The van der Waals surface area contributed by atoms with E-state index in [1.807, 2.05) is 0 Å². The van der Waals surface area contributed by atoms with E-state index in [1.54, 1.807) is 22.6 Å². The van der Waals surface area contributed by atoms with Crippen molar-refractivity contribution in [3.63, 3.8) is 0 Å². The minimum Gasteiger partial charge on any atom is -0.500 e. The SMILES string of the molecule is COc1ncc(I)c(OC(F)(F)F)c1O. The van der Waals surface area contributed by atoms with Crippen LogP contribution in [0.1, 0.15) is 0 Å². The molecule has 0 bridgehead atoms. The Morgan fingerprint density at radius 1 is 1.47 bits per heavy atom. The van der Waals surface area contributed by atoms with Gasteiger partial charge in [-0.3, -0.25) is 0 Å². The second-order valence-electron chi connectivity index (χ2n) is 2.34. The maximum absolute atomic E-state index is 11.9. The summed E-state index contributed by atoms with van der Waals surface area (Å²) >= 11 is 1.56. The van der Waals surface area contributed by atoms with Crippen LogP contribution < -0.4 is 9.47 Å². The normalized spacial score (nSPS) is 11.3. The van der Waals surface area contributed by atoms with E-state index in [2.05, 4.69) is 14.5 Å². The Kier molecular flexibility index (Phi) is 3.47. The first kappa shape index (κ1) is 12.1. The fourth-order valence-corrected chi connectivity index (χ4v) is 1.31. The molecule has 0 spiro atoms. The van der Waals surface area contributed by atoms with Crippen molar-refractivity contribution < 1.29 is 27.8 Å². The molecule has 1 N–H and O–H groups in total.